The standard InChI is InChI=1S/C18H22O/c1-14-7-6-8-15(2)13-18(19)17(12-11-14)16-9-4-3-5-10-16/h3-5,7,9-10,13,17H,6,8,11-12H2,1-2H3/b14-7-,15-13+/t17-/m0/s1. The predicted octanol–water partition coefficient (Wildman–Crippen LogP) is 4.81. The van der Waals surface area contributed by atoms with E-state index in [1.807, 2.05) is 24.3 Å². The lowest BCUT2D eigenvalue weighted by molar-refractivity contribution is -0.116. The van der Waals surface area contributed by atoms with Gasteiger partial charge < -0.3 is 0 Å². The average Bonchev–Trinajstić information content (AvgIpc) is 2.39. The van der Waals surface area contributed by atoms with Gasteiger partial charge in [-0.15, -0.1) is 0 Å². The zero-order valence-corrected chi connectivity index (χ0v) is 11.9. The SMILES string of the molecule is C/C1=C/CC/C(C)=C/C(=O)[C@H](c2ccccc2)CC1. The van der Waals surface area contributed by atoms with Crippen molar-refractivity contribution < 1.29 is 4.79 Å². The highest BCUT2D eigenvalue weighted by Gasteiger charge is 2.19. The van der Waals surface area contributed by atoms with Crippen LogP contribution in [0.4, 0.5) is 0 Å². The van der Waals surface area contributed by atoms with E-state index >= 15 is 0 Å². The Balaban J connectivity index is 2.28. The summed E-state index contributed by atoms with van der Waals surface area (Å²) in [6, 6.07) is 10.2. The van der Waals surface area contributed by atoms with Crippen molar-refractivity contribution in [2.45, 2.75) is 45.4 Å². The molecule has 1 heteroatoms. The van der Waals surface area contributed by atoms with Crippen molar-refractivity contribution in [3.05, 3.63) is 59.2 Å². The minimum Gasteiger partial charge on any atom is -0.294 e. The van der Waals surface area contributed by atoms with Gasteiger partial charge in [-0.05, 0) is 51.2 Å². The summed E-state index contributed by atoms with van der Waals surface area (Å²) in [6.07, 6.45) is 8.14. The lowest BCUT2D eigenvalue weighted by Gasteiger charge is -2.16. The van der Waals surface area contributed by atoms with Gasteiger partial charge in [0.1, 0.15) is 0 Å². The number of rotatable bonds is 1. The van der Waals surface area contributed by atoms with Crippen molar-refractivity contribution in [3.8, 4) is 0 Å². The van der Waals surface area contributed by atoms with Gasteiger partial charge in [0.05, 0.1) is 0 Å². The Morgan fingerprint density at radius 1 is 1.00 bits per heavy atom. The molecule has 1 aromatic carbocycles. The van der Waals surface area contributed by atoms with E-state index in [0.717, 1.165) is 31.2 Å². The molecule has 0 saturated heterocycles. The molecule has 0 aromatic heterocycles. The summed E-state index contributed by atoms with van der Waals surface area (Å²) < 4.78 is 0. The summed E-state index contributed by atoms with van der Waals surface area (Å²) in [7, 11) is 0. The van der Waals surface area contributed by atoms with Gasteiger partial charge in [-0.2, -0.15) is 0 Å². The fourth-order valence-corrected chi connectivity index (χ4v) is 2.59. The Kier molecular flexibility index (Phi) is 4.73. The first kappa shape index (κ1) is 13.8. The Bertz CT molecular complexity index is 494. The highest BCUT2D eigenvalue weighted by Crippen LogP contribution is 2.27. The van der Waals surface area contributed by atoms with Gasteiger partial charge in [-0.1, -0.05) is 47.6 Å². The maximum absolute atomic E-state index is 12.5. The van der Waals surface area contributed by atoms with Gasteiger partial charge in [0, 0.05) is 5.92 Å². The first-order chi connectivity index (χ1) is 9.16. The third-order valence-electron chi connectivity index (χ3n) is 3.79. The first-order valence-corrected chi connectivity index (χ1v) is 7.08. The molecule has 1 nitrogen and oxygen atoms in total. The van der Waals surface area contributed by atoms with Crippen LogP contribution in [-0.4, -0.2) is 5.78 Å². The van der Waals surface area contributed by atoms with Gasteiger partial charge in [-0.25, -0.2) is 0 Å². The van der Waals surface area contributed by atoms with E-state index in [1.165, 1.54) is 11.1 Å². The Hall–Kier alpha value is -1.63. The second-order valence-corrected chi connectivity index (χ2v) is 5.48. The predicted molar refractivity (Wildman–Crippen MR) is 80.2 cm³/mol. The van der Waals surface area contributed by atoms with Gasteiger partial charge >= 0.3 is 0 Å². The third kappa shape index (κ3) is 3.92. The van der Waals surface area contributed by atoms with Gasteiger partial charge in [0.25, 0.3) is 0 Å². The van der Waals surface area contributed by atoms with Crippen LogP contribution in [0.1, 0.15) is 51.0 Å². The topological polar surface area (TPSA) is 17.1 Å². The van der Waals surface area contributed by atoms with Gasteiger partial charge in [0.2, 0.25) is 0 Å². The summed E-state index contributed by atoms with van der Waals surface area (Å²) in [5.41, 5.74) is 3.74. The van der Waals surface area contributed by atoms with E-state index in [1.54, 1.807) is 0 Å². The number of hydrogen-bond acceptors (Lipinski definition) is 1. The zero-order valence-electron chi connectivity index (χ0n) is 11.9. The molecule has 19 heavy (non-hydrogen) atoms. The molecule has 0 heterocycles. The van der Waals surface area contributed by atoms with Crippen molar-refractivity contribution >= 4 is 5.78 Å². The first-order valence-electron chi connectivity index (χ1n) is 7.08. The maximum Gasteiger partial charge on any atom is 0.163 e. The Morgan fingerprint density at radius 3 is 2.47 bits per heavy atom. The minimum atomic E-state index is 0.0117. The summed E-state index contributed by atoms with van der Waals surface area (Å²) >= 11 is 0. The molecule has 0 bridgehead atoms. The fourth-order valence-electron chi connectivity index (χ4n) is 2.59. The summed E-state index contributed by atoms with van der Waals surface area (Å²) in [6.45, 7) is 4.23. The number of carbonyl (C=O) groups excluding carboxylic acids is 1. The molecular formula is C18H22O. The van der Waals surface area contributed by atoms with Crippen LogP contribution in [0.3, 0.4) is 0 Å². The van der Waals surface area contributed by atoms with E-state index in [0.29, 0.717) is 0 Å². The lowest BCUT2D eigenvalue weighted by atomic mass is 9.87. The number of carbonyl (C=O) groups is 1. The van der Waals surface area contributed by atoms with Crippen LogP contribution in [0.2, 0.25) is 0 Å². The maximum atomic E-state index is 12.5. The molecule has 0 spiro atoms. The molecule has 2 rings (SSSR count). The van der Waals surface area contributed by atoms with Crippen LogP contribution >= 0.6 is 0 Å². The minimum absolute atomic E-state index is 0.0117. The zero-order chi connectivity index (χ0) is 13.7. The highest BCUT2D eigenvalue weighted by molar-refractivity contribution is 5.95. The normalized spacial score (nSPS) is 27.1. The van der Waals surface area contributed by atoms with Crippen molar-refractivity contribution in [3.63, 3.8) is 0 Å². The molecule has 0 unspecified atom stereocenters. The molecule has 0 fully saturated rings. The van der Waals surface area contributed by atoms with Crippen LogP contribution in [0.15, 0.2) is 53.6 Å². The van der Waals surface area contributed by atoms with Crippen LogP contribution in [-0.2, 0) is 4.79 Å². The highest BCUT2D eigenvalue weighted by atomic mass is 16.1. The van der Waals surface area contributed by atoms with Crippen molar-refractivity contribution in [2.24, 2.45) is 0 Å². The van der Waals surface area contributed by atoms with Crippen molar-refractivity contribution in [1.29, 1.82) is 0 Å². The molecule has 0 N–H and O–H groups in total. The van der Waals surface area contributed by atoms with Crippen LogP contribution in [0.5, 0.6) is 0 Å². The van der Waals surface area contributed by atoms with Crippen molar-refractivity contribution in [2.75, 3.05) is 0 Å². The second-order valence-electron chi connectivity index (χ2n) is 5.48. The molecule has 0 radical (unpaired) electrons. The Labute approximate surface area is 116 Å². The fraction of sp³-hybridized carbons (Fsp3) is 0.389. The average molecular weight is 254 g/mol. The van der Waals surface area contributed by atoms with Gasteiger partial charge in [0.15, 0.2) is 5.78 Å². The summed E-state index contributed by atoms with van der Waals surface area (Å²) in [4.78, 5) is 12.5. The molecule has 0 aliphatic heterocycles. The van der Waals surface area contributed by atoms with E-state index in [-0.39, 0.29) is 11.7 Å². The Morgan fingerprint density at radius 2 is 1.74 bits per heavy atom. The van der Waals surface area contributed by atoms with E-state index in [9.17, 15) is 4.79 Å². The van der Waals surface area contributed by atoms with E-state index < -0.39 is 0 Å². The molecule has 1 aliphatic carbocycles. The summed E-state index contributed by atoms with van der Waals surface area (Å²) in [5, 5.41) is 0. The quantitative estimate of drug-likeness (QED) is 0.657. The molecule has 1 aliphatic rings. The molecule has 1 atom stereocenters. The van der Waals surface area contributed by atoms with Crippen LogP contribution in [0, 0.1) is 0 Å². The van der Waals surface area contributed by atoms with Crippen molar-refractivity contribution in [1.82, 2.24) is 0 Å². The molecular weight excluding hydrogens is 232 g/mol. The third-order valence-corrected chi connectivity index (χ3v) is 3.79. The van der Waals surface area contributed by atoms with E-state index in [4.69, 9.17) is 0 Å². The lowest BCUT2D eigenvalue weighted by Crippen LogP contribution is -2.11. The smallest absolute Gasteiger partial charge is 0.163 e. The number of hydrogen-bond donors (Lipinski definition) is 0. The molecule has 0 amide bonds. The summed E-state index contributed by atoms with van der Waals surface area (Å²) in [5.74, 6) is 0.274. The number of benzene rings is 1. The molecule has 1 aromatic rings. The van der Waals surface area contributed by atoms with Crippen LogP contribution in [0.25, 0.3) is 0 Å². The monoisotopic (exact) mass is 254 g/mol. The second kappa shape index (κ2) is 6.51. The molecule has 100 valence electrons. The van der Waals surface area contributed by atoms with E-state index in [2.05, 4.69) is 32.1 Å². The number of ketones is 1. The molecule has 0 saturated carbocycles. The number of allylic oxidation sites excluding steroid dienone is 4. The van der Waals surface area contributed by atoms with Crippen LogP contribution < -0.4 is 0 Å². The largest absolute Gasteiger partial charge is 0.294 e. The van der Waals surface area contributed by atoms with Gasteiger partial charge in [-0.3, -0.25) is 4.79 Å².